The summed E-state index contributed by atoms with van der Waals surface area (Å²) in [5.41, 5.74) is 6.63. The van der Waals surface area contributed by atoms with Crippen LogP contribution in [-0.4, -0.2) is 22.8 Å². The van der Waals surface area contributed by atoms with Crippen LogP contribution in [0.15, 0.2) is 24.1 Å². The minimum Gasteiger partial charge on any atom is -0.394 e. The lowest BCUT2D eigenvalue weighted by Crippen LogP contribution is -2.23. The van der Waals surface area contributed by atoms with E-state index in [1.54, 1.807) is 6.20 Å². The van der Waals surface area contributed by atoms with Crippen molar-refractivity contribution in [1.29, 1.82) is 0 Å². The van der Waals surface area contributed by atoms with E-state index >= 15 is 0 Å². The highest BCUT2D eigenvalue weighted by molar-refractivity contribution is 7.98. The maximum Gasteiger partial charge on any atom is 0.160 e. The van der Waals surface area contributed by atoms with Crippen LogP contribution in [-0.2, 0) is 0 Å². The standard InChI is InChI=1S/C11H18N4S/c1-5-15(6-8(2)3)10-9(12)11(16-4)14-7-13-10/h5,7-8H,1,6,12H2,2-4H3. The van der Waals surface area contributed by atoms with Crippen molar-refractivity contribution in [1.82, 2.24) is 9.97 Å². The highest BCUT2D eigenvalue weighted by Gasteiger charge is 2.13. The fourth-order valence-electron chi connectivity index (χ4n) is 1.40. The van der Waals surface area contributed by atoms with Crippen molar-refractivity contribution >= 4 is 23.3 Å². The Morgan fingerprint density at radius 3 is 2.75 bits per heavy atom. The van der Waals surface area contributed by atoms with Crippen LogP contribution in [0.1, 0.15) is 13.8 Å². The van der Waals surface area contributed by atoms with Gasteiger partial charge in [0.15, 0.2) is 5.82 Å². The minimum atomic E-state index is 0.519. The van der Waals surface area contributed by atoms with E-state index in [2.05, 4.69) is 30.4 Å². The van der Waals surface area contributed by atoms with Crippen molar-refractivity contribution < 1.29 is 0 Å². The summed E-state index contributed by atoms with van der Waals surface area (Å²) in [6.45, 7) is 8.92. The number of hydrogen-bond donors (Lipinski definition) is 1. The van der Waals surface area contributed by atoms with Gasteiger partial charge in [-0.2, -0.15) is 0 Å². The van der Waals surface area contributed by atoms with E-state index in [0.717, 1.165) is 17.4 Å². The summed E-state index contributed by atoms with van der Waals surface area (Å²) in [6, 6.07) is 0. The summed E-state index contributed by atoms with van der Waals surface area (Å²) < 4.78 is 0. The van der Waals surface area contributed by atoms with Crippen LogP contribution < -0.4 is 10.6 Å². The van der Waals surface area contributed by atoms with Crippen molar-refractivity contribution in [2.75, 3.05) is 23.4 Å². The van der Waals surface area contributed by atoms with Crippen molar-refractivity contribution in [2.24, 2.45) is 5.92 Å². The van der Waals surface area contributed by atoms with Crippen LogP contribution in [0.3, 0.4) is 0 Å². The van der Waals surface area contributed by atoms with Gasteiger partial charge >= 0.3 is 0 Å². The van der Waals surface area contributed by atoms with Gasteiger partial charge in [-0.05, 0) is 18.4 Å². The molecule has 0 unspecified atom stereocenters. The smallest absolute Gasteiger partial charge is 0.160 e. The number of nitrogens with zero attached hydrogens (tertiary/aromatic N) is 3. The van der Waals surface area contributed by atoms with Gasteiger partial charge in [-0.3, -0.25) is 0 Å². The van der Waals surface area contributed by atoms with E-state index in [4.69, 9.17) is 5.73 Å². The molecule has 0 saturated heterocycles. The van der Waals surface area contributed by atoms with Gasteiger partial charge in [0.05, 0.1) is 0 Å². The molecule has 0 amide bonds. The monoisotopic (exact) mass is 238 g/mol. The first kappa shape index (κ1) is 12.8. The maximum atomic E-state index is 6.01. The average Bonchev–Trinajstić information content (AvgIpc) is 2.26. The molecule has 0 spiro atoms. The molecule has 0 bridgehead atoms. The molecule has 0 atom stereocenters. The van der Waals surface area contributed by atoms with Crippen LogP contribution in [0.25, 0.3) is 0 Å². The highest BCUT2D eigenvalue weighted by atomic mass is 32.2. The van der Waals surface area contributed by atoms with Gasteiger partial charge in [-0.15, -0.1) is 11.8 Å². The molecule has 4 nitrogen and oxygen atoms in total. The van der Waals surface area contributed by atoms with Gasteiger partial charge in [0.1, 0.15) is 17.0 Å². The molecule has 0 aliphatic rings. The predicted octanol–water partition coefficient (Wildman–Crippen LogP) is 2.39. The summed E-state index contributed by atoms with van der Waals surface area (Å²) in [5, 5.41) is 0.806. The Kier molecular flexibility index (Phi) is 4.61. The molecule has 16 heavy (non-hydrogen) atoms. The first-order valence-electron chi connectivity index (χ1n) is 5.13. The van der Waals surface area contributed by atoms with Crippen LogP contribution in [0.4, 0.5) is 11.5 Å². The van der Waals surface area contributed by atoms with Gasteiger partial charge in [0.2, 0.25) is 0 Å². The Morgan fingerprint density at radius 1 is 1.56 bits per heavy atom. The molecule has 0 aromatic carbocycles. The summed E-state index contributed by atoms with van der Waals surface area (Å²) >= 11 is 1.52. The van der Waals surface area contributed by atoms with E-state index in [9.17, 15) is 0 Å². The first-order chi connectivity index (χ1) is 7.60. The SMILES string of the molecule is C=CN(CC(C)C)c1ncnc(SC)c1N. The molecule has 2 N–H and O–H groups in total. The zero-order valence-electron chi connectivity index (χ0n) is 9.97. The Labute approximate surface area is 101 Å². The molecule has 0 aliphatic heterocycles. The lowest BCUT2D eigenvalue weighted by atomic mass is 10.2. The van der Waals surface area contributed by atoms with Crippen molar-refractivity contribution in [2.45, 2.75) is 18.9 Å². The molecule has 1 heterocycles. The van der Waals surface area contributed by atoms with E-state index < -0.39 is 0 Å². The number of thioether (sulfide) groups is 1. The molecule has 88 valence electrons. The molecule has 1 rings (SSSR count). The fourth-order valence-corrected chi connectivity index (χ4v) is 1.87. The van der Waals surface area contributed by atoms with Crippen LogP contribution in [0.2, 0.25) is 0 Å². The Hall–Kier alpha value is -1.23. The van der Waals surface area contributed by atoms with Crippen molar-refractivity contribution in [3.8, 4) is 0 Å². The molecule has 1 aromatic heterocycles. The second kappa shape index (κ2) is 5.75. The zero-order chi connectivity index (χ0) is 12.1. The van der Waals surface area contributed by atoms with E-state index in [-0.39, 0.29) is 0 Å². The average molecular weight is 238 g/mol. The number of nitrogen functional groups attached to an aromatic ring is 1. The maximum absolute atomic E-state index is 6.01. The second-order valence-electron chi connectivity index (χ2n) is 3.85. The lowest BCUT2D eigenvalue weighted by molar-refractivity contribution is 0.645. The first-order valence-corrected chi connectivity index (χ1v) is 6.36. The third-order valence-electron chi connectivity index (χ3n) is 2.07. The summed E-state index contributed by atoms with van der Waals surface area (Å²) in [7, 11) is 0. The van der Waals surface area contributed by atoms with Gasteiger partial charge in [0.25, 0.3) is 0 Å². The van der Waals surface area contributed by atoms with Crippen molar-refractivity contribution in [3.05, 3.63) is 19.1 Å². The third kappa shape index (κ3) is 2.88. The van der Waals surface area contributed by atoms with Crippen molar-refractivity contribution in [3.63, 3.8) is 0 Å². The largest absolute Gasteiger partial charge is 0.394 e. The minimum absolute atomic E-state index is 0.519. The molecule has 0 radical (unpaired) electrons. The molecule has 1 aromatic rings. The van der Waals surface area contributed by atoms with Gasteiger partial charge in [0, 0.05) is 6.54 Å². The van der Waals surface area contributed by atoms with Gasteiger partial charge in [-0.1, -0.05) is 20.4 Å². The predicted molar refractivity (Wildman–Crippen MR) is 70.6 cm³/mol. The highest BCUT2D eigenvalue weighted by Crippen LogP contribution is 2.28. The van der Waals surface area contributed by atoms with Crippen LogP contribution in [0.5, 0.6) is 0 Å². The second-order valence-corrected chi connectivity index (χ2v) is 4.64. The molecule has 0 saturated carbocycles. The topological polar surface area (TPSA) is 55.0 Å². The normalized spacial score (nSPS) is 10.5. The van der Waals surface area contributed by atoms with Crippen LogP contribution in [0, 0.1) is 5.92 Å². The summed E-state index contributed by atoms with van der Waals surface area (Å²) in [4.78, 5) is 10.3. The van der Waals surface area contributed by atoms with Crippen LogP contribution >= 0.6 is 11.8 Å². The number of hydrogen-bond acceptors (Lipinski definition) is 5. The third-order valence-corrected chi connectivity index (χ3v) is 2.79. The number of aromatic nitrogens is 2. The van der Waals surface area contributed by atoms with Gasteiger partial charge < -0.3 is 10.6 Å². The fraction of sp³-hybridized carbons (Fsp3) is 0.455. The molecular formula is C11H18N4S. The summed E-state index contributed by atoms with van der Waals surface area (Å²) in [6.07, 6.45) is 5.24. The Balaban J connectivity index is 3.05. The molecule has 0 aliphatic carbocycles. The number of anilines is 2. The number of nitrogens with two attached hydrogens (primary N) is 1. The molecule has 0 fully saturated rings. The van der Waals surface area contributed by atoms with E-state index in [0.29, 0.717) is 11.6 Å². The lowest BCUT2D eigenvalue weighted by Gasteiger charge is -2.22. The van der Waals surface area contributed by atoms with Gasteiger partial charge in [-0.25, -0.2) is 9.97 Å². The Morgan fingerprint density at radius 2 is 2.25 bits per heavy atom. The molecule has 5 heteroatoms. The van der Waals surface area contributed by atoms with E-state index in [1.807, 2.05) is 11.2 Å². The molecular weight excluding hydrogens is 220 g/mol. The quantitative estimate of drug-likeness (QED) is 0.630. The summed E-state index contributed by atoms with van der Waals surface area (Å²) in [5.74, 6) is 1.26. The zero-order valence-corrected chi connectivity index (χ0v) is 10.8. The Bertz CT molecular complexity index is 365. The number of rotatable bonds is 5. The van der Waals surface area contributed by atoms with E-state index in [1.165, 1.54) is 18.1 Å².